The number of nitrogens with zero attached hydrogens (tertiary/aromatic N) is 3. The van der Waals surface area contributed by atoms with Crippen LogP contribution < -0.4 is 4.90 Å². The number of benzene rings is 1. The van der Waals surface area contributed by atoms with E-state index in [1.54, 1.807) is 23.5 Å². The maximum absolute atomic E-state index is 13.6. The second-order valence-corrected chi connectivity index (χ2v) is 7.83. The number of likely N-dealkylation sites (tertiary alicyclic amines) is 1. The highest BCUT2D eigenvalue weighted by Gasteiger charge is 2.31. The van der Waals surface area contributed by atoms with Crippen molar-refractivity contribution in [2.75, 3.05) is 24.5 Å². The van der Waals surface area contributed by atoms with Gasteiger partial charge in [-0.3, -0.25) is 4.79 Å². The number of amides is 1. The molecule has 0 bridgehead atoms. The van der Waals surface area contributed by atoms with Crippen LogP contribution in [0.5, 0.6) is 0 Å². The van der Waals surface area contributed by atoms with E-state index in [2.05, 4.69) is 9.88 Å². The summed E-state index contributed by atoms with van der Waals surface area (Å²) >= 11 is 1.55. The number of aryl methyl sites for hydroxylation is 1. The fourth-order valence-corrected chi connectivity index (χ4v) is 4.67. The molecule has 0 aliphatic carbocycles. The summed E-state index contributed by atoms with van der Waals surface area (Å²) in [5.74, 6) is -0.00216. The molecule has 0 unspecified atom stereocenters. The zero-order chi connectivity index (χ0) is 17.4. The molecule has 0 N–H and O–H groups in total. The molecule has 1 amide bonds. The van der Waals surface area contributed by atoms with Crippen LogP contribution in [-0.2, 0) is 17.6 Å². The van der Waals surface area contributed by atoms with Crippen molar-refractivity contribution >= 4 is 22.9 Å². The molecule has 0 spiro atoms. The molecule has 25 heavy (non-hydrogen) atoms. The topological polar surface area (TPSA) is 36.4 Å². The zero-order valence-electron chi connectivity index (χ0n) is 14.4. The Hall–Kier alpha value is -1.95. The Balaban J connectivity index is 1.36. The molecule has 3 heterocycles. The number of fused-ring (bicyclic) bond motifs is 1. The lowest BCUT2D eigenvalue weighted by Gasteiger charge is -2.38. The number of aromatic nitrogens is 1. The van der Waals surface area contributed by atoms with Crippen LogP contribution in [0, 0.1) is 12.7 Å². The van der Waals surface area contributed by atoms with Crippen molar-refractivity contribution < 1.29 is 9.18 Å². The first-order valence-electron chi connectivity index (χ1n) is 8.84. The first-order chi connectivity index (χ1) is 12.1. The third-order valence-electron chi connectivity index (χ3n) is 5.21. The number of carbonyl (C=O) groups excluding carboxylic acids is 1. The summed E-state index contributed by atoms with van der Waals surface area (Å²) in [5, 5.41) is 2.88. The maximum atomic E-state index is 13.6. The minimum atomic E-state index is -0.169. The van der Waals surface area contributed by atoms with Gasteiger partial charge in [0.1, 0.15) is 10.8 Å². The Morgan fingerprint density at radius 3 is 2.84 bits per heavy atom. The molecule has 1 aromatic carbocycles. The van der Waals surface area contributed by atoms with Gasteiger partial charge in [0.2, 0.25) is 5.91 Å². The molecule has 4 nitrogen and oxygen atoms in total. The molecule has 2 aromatic rings. The van der Waals surface area contributed by atoms with E-state index in [1.165, 1.54) is 5.56 Å². The second kappa shape index (κ2) is 6.75. The molecule has 1 fully saturated rings. The normalized spacial score (nSPS) is 17.8. The van der Waals surface area contributed by atoms with E-state index in [4.69, 9.17) is 0 Å². The van der Waals surface area contributed by atoms with Crippen molar-refractivity contribution in [3.05, 3.63) is 45.7 Å². The summed E-state index contributed by atoms with van der Waals surface area (Å²) in [7, 11) is 0. The lowest BCUT2D eigenvalue weighted by molar-refractivity contribution is -0.131. The molecule has 0 saturated carbocycles. The van der Waals surface area contributed by atoms with E-state index in [9.17, 15) is 9.18 Å². The summed E-state index contributed by atoms with van der Waals surface area (Å²) in [6.07, 6.45) is 3.27. The van der Waals surface area contributed by atoms with Crippen LogP contribution >= 0.6 is 11.3 Å². The predicted molar refractivity (Wildman–Crippen MR) is 97.6 cm³/mol. The summed E-state index contributed by atoms with van der Waals surface area (Å²) in [5.41, 5.74) is 3.26. The Morgan fingerprint density at radius 2 is 2.12 bits per heavy atom. The third-order valence-corrected chi connectivity index (χ3v) is 6.17. The number of halogens is 1. The molecule has 2 aliphatic heterocycles. The third kappa shape index (κ3) is 3.40. The Labute approximate surface area is 151 Å². The molecule has 2 aliphatic rings. The number of hydrogen-bond acceptors (Lipinski definition) is 4. The van der Waals surface area contributed by atoms with Crippen LogP contribution in [0.2, 0.25) is 0 Å². The highest BCUT2D eigenvalue weighted by atomic mass is 32.1. The number of thiazole rings is 1. The van der Waals surface area contributed by atoms with Crippen molar-refractivity contribution in [3.63, 3.8) is 0 Å². The average Bonchev–Trinajstić information content (AvgIpc) is 3.20. The first-order valence-corrected chi connectivity index (χ1v) is 9.72. The zero-order valence-corrected chi connectivity index (χ0v) is 15.2. The summed E-state index contributed by atoms with van der Waals surface area (Å²) in [4.78, 5) is 21.2. The van der Waals surface area contributed by atoms with Crippen LogP contribution in [0.1, 0.15) is 29.1 Å². The molecular weight excluding hydrogens is 337 g/mol. The average molecular weight is 359 g/mol. The molecule has 1 aromatic heterocycles. The first kappa shape index (κ1) is 16.5. The molecule has 1 saturated heterocycles. The van der Waals surface area contributed by atoms with Gasteiger partial charge in [0.15, 0.2) is 0 Å². The molecule has 0 radical (unpaired) electrons. The van der Waals surface area contributed by atoms with E-state index in [0.717, 1.165) is 55.3 Å². The predicted octanol–water partition coefficient (Wildman–Crippen LogP) is 3.19. The van der Waals surface area contributed by atoms with E-state index in [1.807, 2.05) is 23.3 Å². The van der Waals surface area contributed by atoms with Crippen molar-refractivity contribution in [2.24, 2.45) is 0 Å². The summed E-state index contributed by atoms with van der Waals surface area (Å²) in [6, 6.07) is 5.50. The van der Waals surface area contributed by atoms with Gasteiger partial charge in [0.05, 0.1) is 6.42 Å². The van der Waals surface area contributed by atoms with Crippen LogP contribution in [-0.4, -0.2) is 41.5 Å². The van der Waals surface area contributed by atoms with Gasteiger partial charge in [-0.25, -0.2) is 9.37 Å². The fraction of sp³-hybridized carbons (Fsp3) is 0.474. The Kier molecular flexibility index (Phi) is 4.46. The van der Waals surface area contributed by atoms with E-state index in [0.29, 0.717) is 12.5 Å². The van der Waals surface area contributed by atoms with E-state index >= 15 is 0 Å². The standard InChI is InChI=1S/C19H22FN3OS/c1-13-12-25-18(21-13)11-19(24)22-7-5-16(6-8-22)23-9-4-14-2-3-15(20)10-17(14)23/h2-3,10,12,16H,4-9,11H2,1H3. The molecule has 4 rings (SSSR count). The van der Waals surface area contributed by atoms with Crippen LogP contribution in [0.15, 0.2) is 23.6 Å². The Bertz CT molecular complexity index is 783. The quantitative estimate of drug-likeness (QED) is 0.844. The summed E-state index contributed by atoms with van der Waals surface area (Å²) in [6.45, 7) is 4.45. The van der Waals surface area contributed by atoms with Gasteiger partial charge >= 0.3 is 0 Å². The van der Waals surface area contributed by atoms with Crippen LogP contribution in [0.3, 0.4) is 0 Å². The molecular formula is C19H22FN3OS. The lowest BCUT2D eigenvalue weighted by Crippen LogP contribution is -2.46. The molecule has 132 valence electrons. The number of piperidine rings is 1. The minimum absolute atomic E-state index is 0.167. The van der Waals surface area contributed by atoms with Gasteiger partial charge < -0.3 is 9.80 Å². The fourth-order valence-electron chi connectivity index (χ4n) is 3.91. The van der Waals surface area contributed by atoms with Gasteiger partial charge in [-0.05, 0) is 43.9 Å². The largest absolute Gasteiger partial charge is 0.368 e. The van der Waals surface area contributed by atoms with Crippen molar-refractivity contribution in [1.82, 2.24) is 9.88 Å². The van der Waals surface area contributed by atoms with Gasteiger partial charge in [0.25, 0.3) is 0 Å². The van der Waals surface area contributed by atoms with Gasteiger partial charge in [-0.15, -0.1) is 11.3 Å². The van der Waals surface area contributed by atoms with Crippen LogP contribution in [0.4, 0.5) is 10.1 Å². The number of rotatable bonds is 3. The van der Waals surface area contributed by atoms with Crippen LogP contribution in [0.25, 0.3) is 0 Å². The second-order valence-electron chi connectivity index (χ2n) is 6.89. The van der Waals surface area contributed by atoms with Gasteiger partial charge in [-0.1, -0.05) is 6.07 Å². The lowest BCUT2D eigenvalue weighted by atomic mass is 10.0. The number of carbonyl (C=O) groups is 1. The molecule has 6 heteroatoms. The monoisotopic (exact) mass is 359 g/mol. The Morgan fingerprint density at radius 1 is 1.32 bits per heavy atom. The van der Waals surface area contributed by atoms with Crippen molar-refractivity contribution in [1.29, 1.82) is 0 Å². The van der Waals surface area contributed by atoms with Crippen molar-refractivity contribution in [2.45, 2.75) is 38.6 Å². The van der Waals surface area contributed by atoms with Gasteiger partial charge in [0, 0.05) is 42.4 Å². The summed E-state index contributed by atoms with van der Waals surface area (Å²) < 4.78 is 13.6. The highest BCUT2D eigenvalue weighted by molar-refractivity contribution is 7.09. The molecule has 0 atom stereocenters. The highest BCUT2D eigenvalue weighted by Crippen LogP contribution is 2.33. The smallest absolute Gasteiger partial charge is 0.229 e. The SMILES string of the molecule is Cc1csc(CC(=O)N2CCC(N3CCc4ccc(F)cc43)CC2)n1. The maximum Gasteiger partial charge on any atom is 0.229 e. The number of anilines is 1. The van der Waals surface area contributed by atoms with E-state index in [-0.39, 0.29) is 11.7 Å². The van der Waals surface area contributed by atoms with Crippen molar-refractivity contribution in [3.8, 4) is 0 Å². The number of hydrogen-bond donors (Lipinski definition) is 0. The van der Waals surface area contributed by atoms with E-state index < -0.39 is 0 Å². The minimum Gasteiger partial charge on any atom is -0.368 e. The van der Waals surface area contributed by atoms with Gasteiger partial charge in [-0.2, -0.15) is 0 Å².